The minimum absolute atomic E-state index is 0.593. The van der Waals surface area contributed by atoms with E-state index < -0.39 is 0 Å². The molecule has 3 aromatic rings. The van der Waals surface area contributed by atoms with Crippen LogP contribution in [-0.2, 0) is 13.0 Å². The predicted octanol–water partition coefficient (Wildman–Crippen LogP) is 4.78. The van der Waals surface area contributed by atoms with Crippen molar-refractivity contribution in [3.8, 4) is 6.07 Å². The molecule has 0 amide bonds. The van der Waals surface area contributed by atoms with Gasteiger partial charge in [-0.05, 0) is 41.1 Å². The van der Waals surface area contributed by atoms with Gasteiger partial charge < -0.3 is 4.57 Å². The van der Waals surface area contributed by atoms with Gasteiger partial charge in [-0.1, -0.05) is 42.8 Å². The number of hydrogen-bond donors (Lipinski definition) is 0. The molecular weight excluding hydrogens is 280 g/mol. The largest absolute Gasteiger partial charge is 0.343 e. The molecule has 0 radical (unpaired) electrons. The highest BCUT2D eigenvalue weighted by Crippen LogP contribution is 2.24. The fraction of sp³-hybridized carbons (Fsp3) is 0.167. The maximum atomic E-state index is 8.91. The molecule has 0 aliphatic heterocycles. The smallest absolute Gasteiger partial charge is 0.0992 e. The number of fused-ring (bicyclic) bond motifs is 1. The summed E-state index contributed by atoms with van der Waals surface area (Å²) >= 11 is 6.29. The van der Waals surface area contributed by atoms with Crippen molar-refractivity contribution in [2.24, 2.45) is 0 Å². The third-order valence-electron chi connectivity index (χ3n) is 3.78. The van der Waals surface area contributed by atoms with Crippen molar-refractivity contribution in [1.82, 2.24) is 4.57 Å². The Labute approximate surface area is 129 Å². The molecule has 2 nitrogen and oxygen atoms in total. The number of nitriles is 1. The molecule has 2 aromatic carbocycles. The predicted molar refractivity (Wildman–Crippen MR) is 86.6 cm³/mol. The Kier molecular flexibility index (Phi) is 3.68. The molecule has 1 aromatic heterocycles. The van der Waals surface area contributed by atoms with Gasteiger partial charge in [-0.3, -0.25) is 0 Å². The molecule has 0 bridgehead atoms. The quantitative estimate of drug-likeness (QED) is 0.683. The van der Waals surface area contributed by atoms with Crippen LogP contribution in [-0.4, -0.2) is 4.57 Å². The minimum atomic E-state index is 0.593. The Hall–Kier alpha value is -2.24. The van der Waals surface area contributed by atoms with Gasteiger partial charge in [-0.2, -0.15) is 5.26 Å². The van der Waals surface area contributed by atoms with Crippen LogP contribution in [0.4, 0.5) is 0 Å². The van der Waals surface area contributed by atoms with Crippen molar-refractivity contribution in [3.63, 3.8) is 0 Å². The van der Waals surface area contributed by atoms with E-state index in [0.717, 1.165) is 12.0 Å². The van der Waals surface area contributed by atoms with Gasteiger partial charge in [0.1, 0.15) is 0 Å². The first-order valence-electron chi connectivity index (χ1n) is 6.98. The third-order valence-corrected chi connectivity index (χ3v) is 4.13. The lowest BCUT2D eigenvalue weighted by Crippen LogP contribution is -2.01. The summed E-state index contributed by atoms with van der Waals surface area (Å²) in [7, 11) is 0. The minimum Gasteiger partial charge on any atom is -0.343 e. The lowest BCUT2D eigenvalue weighted by atomic mass is 10.1. The first-order chi connectivity index (χ1) is 10.2. The normalized spacial score (nSPS) is 10.7. The van der Waals surface area contributed by atoms with Crippen molar-refractivity contribution in [3.05, 3.63) is 70.4 Å². The number of rotatable bonds is 3. The first kappa shape index (κ1) is 13.7. The van der Waals surface area contributed by atoms with Crippen LogP contribution in [0.15, 0.2) is 48.7 Å². The van der Waals surface area contributed by atoms with Crippen molar-refractivity contribution in [1.29, 1.82) is 5.26 Å². The molecule has 1 heterocycles. The third kappa shape index (κ3) is 2.53. The van der Waals surface area contributed by atoms with E-state index in [1.807, 2.05) is 12.1 Å². The van der Waals surface area contributed by atoms with Gasteiger partial charge in [0.05, 0.1) is 17.1 Å². The summed E-state index contributed by atoms with van der Waals surface area (Å²) < 4.78 is 2.22. The number of benzene rings is 2. The maximum Gasteiger partial charge on any atom is 0.0992 e. The molecule has 0 spiro atoms. The average Bonchev–Trinajstić information content (AvgIpc) is 2.92. The second-order valence-corrected chi connectivity index (χ2v) is 5.48. The van der Waals surface area contributed by atoms with Gasteiger partial charge in [0, 0.05) is 17.8 Å². The fourth-order valence-corrected chi connectivity index (χ4v) is 2.93. The SMILES string of the molecule is CCc1cccc2ccn(Cc3ccc(C#N)cc3Cl)c12. The van der Waals surface area contributed by atoms with Crippen LogP contribution in [0, 0.1) is 11.3 Å². The van der Waals surface area contributed by atoms with Gasteiger partial charge >= 0.3 is 0 Å². The van der Waals surface area contributed by atoms with E-state index in [-0.39, 0.29) is 0 Å². The number of halogens is 1. The lowest BCUT2D eigenvalue weighted by molar-refractivity contribution is 0.831. The number of aromatic nitrogens is 1. The summed E-state index contributed by atoms with van der Waals surface area (Å²) in [5.74, 6) is 0. The molecule has 0 saturated carbocycles. The molecule has 0 N–H and O–H groups in total. The van der Waals surface area contributed by atoms with Crippen LogP contribution in [0.2, 0.25) is 5.02 Å². The summed E-state index contributed by atoms with van der Waals surface area (Å²) in [5.41, 5.74) is 4.22. The first-order valence-corrected chi connectivity index (χ1v) is 7.36. The van der Waals surface area contributed by atoms with E-state index in [2.05, 4.69) is 48.0 Å². The standard InChI is InChI=1S/C18H15ClN2/c1-2-14-4-3-5-15-8-9-21(18(14)15)12-16-7-6-13(11-20)10-17(16)19/h3-10H,2,12H2,1H3. The van der Waals surface area contributed by atoms with Gasteiger partial charge in [0.2, 0.25) is 0 Å². The van der Waals surface area contributed by atoms with Crippen LogP contribution < -0.4 is 0 Å². The van der Waals surface area contributed by atoms with E-state index in [1.165, 1.54) is 16.5 Å². The molecule has 0 aliphatic rings. The zero-order chi connectivity index (χ0) is 14.8. The van der Waals surface area contributed by atoms with E-state index in [0.29, 0.717) is 17.1 Å². The van der Waals surface area contributed by atoms with Crippen LogP contribution in [0.25, 0.3) is 10.9 Å². The van der Waals surface area contributed by atoms with Crippen molar-refractivity contribution in [2.75, 3.05) is 0 Å². The van der Waals surface area contributed by atoms with Crippen molar-refractivity contribution >= 4 is 22.5 Å². The molecule has 0 fully saturated rings. The van der Waals surface area contributed by atoms with Gasteiger partial charge in [0.25, 0.3) is 0 Å². The lowest BCUT2D eigenvalue weighted by Gasteiger charge is -2.10. The van der Waals surface area contributed by atoms with E-state index in [9.17, 15) is 0 Å². The highest BCUT2D eigenvalue weighted by molar-refractivity contribution is 6.31. The van der Waals surface area contributed by atoms with Crippen LogP contribution in [0.3, 0.4) is 0 Å². The molecule has 0 unspecified atom stereocenters. The summed E-state index contributed by atoms with van der Waals surface area (Å²) in [6.07, 6.45) is 3.10. The molecule has 21 heavy (non-hydrogen) atoms. The Morgan fingerprint density at radius 1 is 1.14 bits per heavy atom. The average molecular weight is 295 g/mol. The molecule has 3 rings (SSSR count). The Bertz CT molecular complexity index is 840. The molecule has 3 heteroatoms. The summed E-state index contributed by atoms with van der Waals surface area (Å²) in [6.45, 7) is 2.88. The zero-order valence-corrected chi connectivity index (χ0v) is 12.6. The fourth-order valence-electron chi connectivity index (χ4n) is 2.69. The maximum absolute atomic E-state index is 8.91. The second-order valence-electron chi connectivity index (χ2n) is 5.07. The Morgan fingerprint density at radius 2 is 2.00 bits per heavy atom. The van der Waals surface area contributed by atoms with Crippen molar-refractivity contribution in [2.45, 2.75) is 19.9 Å². The van der Waals surface area contributed by atoms with Crippen LogP contribution >= 0.6 is 11.6 Å². The van der Waals surface area contributed by atoms with Crippen molar-refractivity contribution < 1.29 is 0 Å². The van der Waals surface area contributed by atoms with E-state index in [4.69, 9.17) is 16.9 Å². The van der Waals surface area contributed by atoms with Gasteiger partial charge in [-0.15, -0.1) is 0 Å². The topological polar surface area (TPSA) is 28.7 Å². The second kappa shape index (κ2) is 5.63. The molecule has 0 atom stereocenters. The van der Waals surface area contributed by atoms with E-state index >= 15 is 0 Å². The Balaban J connectivity index is 2.05. The van der Waals surface area contributed by atoms with Gasteiger partial charge in [0.15, 0.2) is 0 Å². The number of aryl methyl sites for hydroxylation is 1. The zero-order valence-electron chi connectivity index (χ0n) is 11.8. The monoisotopic (exact) mass is 294 g/mol. The summed E-state index contributed by atoms with van der Waals surface area (Å²) in [5, 5.41) is 10.8. The molecular formula is C18H15ClN2. The molecule has 0 saturated heterocycles. The molecule has 0 aliphatic carbocycles. The number of hydrogen-bond acceptors (Lipinski definition) is 1. The highest BCUT2D eigenvalue weighted by atomic mass is 35.5. The Morgan fingerprint density at radius 3 is 2.71 bits per heavy atom. The summed E-state index contributed by atoms with van der Waals surface area (Å²) in [6, 6.07) is 16.1. The highest BCUT2D eigenvalue weighted by Gasteiger charge is 2.08. The van der Waals surface area contributed by atoms with Crippen LogP contribution in [0.5, 0.6) is 0 Å². The van der Waals surface area contributed by atoms with Gasteiger partial charge in [-0.25, -0.2) is 0 Å². The molecule has 104 valence electrons. The summed E-state index contributed by atoms with van der Waals surface area (Å²) in [4.78, 5) is 0. The number of nitrogens with zero attached hydrogens (tertiary/aromatic N) is 2. The van der Waals surface area contributed by atoms with E-state index in [1.54, 1.807) is 6.07 Å². The number of para-hydroxylation sites is 1. The van der Waals surface area contributed by atoms with Crippen LogP contribution in [0.1, 0.15) is 23.6 Å².